The molecule has 0 aromatic heterocycles. The zero-order valence-electron chi connectivity index (χ0n) is 11.5. The number of aliphatic carboxylic acids is 1. The summed E-state index contributed by atoms with van der Waals surface area (Å²) in [7, 11) is 0. The van der Waals surface area contributed by atoms with E-state index in [9.17, 15) is 14.4 Å². The van der Waals surface area contributed by atoms with Gasteiger partial charge in [-0.05, 0) is 26.7 Å². The average molecular weight is 271 g/mol. The smallest absolute Gasteiger partial charge is 0.321 e. The molecule has 0 radical (unpaired) electrons. The minimum atomic E-state index is -0.821. The molecule has 0 aromatic carbocycles. The first-order valence-corrected chi connectivity index (χ1v) is 6.22. The highest BCUT2D eigenvalue weighted by Crippen LogP contribution is 2.18. The van der Waals surface area contributed by atoms with Crippen molar-refractivity contribution in [2.75, 3.05) is 19.6 Å². The molecule has 0 aromatic rings. The van der Waals surface area contributed by atoms with Gasteiger partial charge < -0.3 is 10.4 Å². The number of hydrogen-bond acceptors (Lipinski definition) is 4. The van der Waals surface area contributed by atoms with Crippen LogP contribution in [0.5, 0.6) is 0 Å². The second kappa shape index (κ2) is 6.01. The zero-order chi connectivity index (χ0) is 14.6. The van der Waals surface area contributed by atoms with Crippen LogP contribution in [-0.4, -0.2) is 53.1 Å². The van der Waals surface area contributed by atoms with Crippen molar-refractivity contribution in [3.8, 4) is 0 Å². The lowest BCUT2D eigenvalue weighted by Gasteiger charge is -2.37. The number of carbonyl (C=O) groups excluding carboxylic acids is 2. The molecule has 1 heterocycles. The van der Waals surface area contributed by atoms with Gasteiger partial charge in [0.2, 0.25) is 5.91 Å². The van der Waals surface area contributed by atoms with Crippen molar-refractivity contribution in [2.24, 2.45) is 5.92 Å². The van der Waals surface area contributed by atoms with Crippen LogP contribution >= 0.6 is 0 Å². The van der Waals surface area contributed by atoms with Crippen molar-refractivity contribution >= 4 is 17.9 Å². The summed E-state index contributed by atoms with van der Waals surface area (Å²) in [5, 5.41) is 13.5. The Morgan fingerprint density at radius 1 is 1.26 bits per heavy atom. The monoisotopic (exact) mass is 271 g/mol. The van der Waals surface area contributed by atoms with Gasteiger partial charge in [-0.2, -0.15) is 0 Å². The Balaban J connectivity index is 2.20. The molecule has 3 N–H and O–H groups in total. The van der Waals surface area contributed by atoms with Crippen LogP contribution in [0.3, 0.4) is 0 Å². The van der Waals surface area contributed by atoms with E-state index in [0.717, 1.165) is 0 Å². The number of carboxylic acids is 1. The van der Waals surface area contributed by atoms with Crippen LogP contribution < -0.4 is 10.6 Å². The molecule has 0 bridgehead atoms. The van der Waals surface area contributed by atoms with Crippen LogP contribution in [0.4, 0.5) is 4.79 Å². The third kappa shape index (κ3) is 6.19. The highest BCUT2D eigenvalue weighted by atomic mass is 16.4. The van der Waals surface area contributed by atoms with Crippen molar-refractivity contribution in [1.82, 2.24) is 15.5 Å². The van der Waals surface area contributed by atoms with Crippen LogP contribution in [0.25, 0.3) is 0 Å². The fourth-order valence-corrected chi connectivity index (χ4v) is 1.92. The van der Waals surface area contributed by atoms with Crippen molar-refractivity contribution in [2.45, 2.75) is 32.7 Å². The number of likely N-dealkylation sites (tertiary alicyclic amines) is 1. The fourth-order valence-electron chi connectivity index (χ4n) is 1.92. The number of urea groups is 1. The Labute approximate surface area is 112 Å². The molecule has 19 heavy (non-hydrogen) atoms. The van der Waals surface area contributed by atoms with E-state index in [1.165, 1.54) is 0 Å². The highest BCUT2D eigenvalue weighted by Gasteiger charge is 2.30. The molecule has 1 rings (SSSR count). The summed E-state index contributed by atoms with van der Waals surface area (Å²) >= 11 is 0. The van der Waals surface area contributed by atoms with Gasteiger partial charge in [-0.15, -0.1) is 0 Å². The Hall–Kier alpha value is -1.63. The molecule has 1 saturated heterocycles. The number of carbonyl (C=O) groups is 3. The van der Waals surface area contributed by atoms with Crippen LogP contribution in [0, 0.1) is 5.92 Å². The summed E-state index contributed by atoms with van der Waals surface area (Å²) in [5.41, 5.74) is -0.395. The third-order valence-electron chi connectivity index (χ3n) is 2.60. The first-order chi connectivity index (χ1) is 8.65. The quantitative estimate of drug-likeness (QED) is 0.669. The topological polar surface area (TPSA) is 98.7 Å². The lowest BCUT2D eigenvalue weighted by atomic mass is 9.96. The van der Waals surface area contributed by atoms with Gasteiger partial charge in [0.15, 0.2) is 0 Å². The van der Waals surface area contributed by atoms with Crippen LogP contribution in [0.2, 0.25) is 0 Å². The summed E-state index contributed by atoms with van der Waals surface area (Å²) in [6.45, 7) is 6.75. The van der Waals surface area contributed by atoms with E-state index < -0.39 is 17.5 Å². The van der Waals surface area contributed by atoms with Gasteiger partial charge in [-0.25, -0.2) is 4.79 Å². The van der Waals surface area contributed by atoms with E-state index in [-0.39, 0.29) is 24.8 Å². The minimum absolute atomic E-state index is 0.105. The van der Waals surface area contributed by atoms with Crippen LogP contribution in [0.15, 0.2) is 0 Å². The predicted molar refractivity (Wildman–Crippen MR) is 68.6 cm³/mol. The highest BCUT2D eigenvalue weighted by molar-refractivity contribution is 5.95. The third-order valence-corrected chi connectivity index (χ3v) is 2.60. The van der Waals surface area contributed by atoms with Gasteiger partial charge in [-0.1, -0.05) is 0 Å². The molecule has 0 saturated carbocycles. The van der Waals surface area contributed by atoms with Crippen LogP contribution in [-0.2, 0) is 9.59 Å². The second-order valence-electron chi connectivity index (χ2n) is 5.91. The fraction of sp³-hybridized carbons (Fsp3) is 0.750. The van der Waals surface area contributed by atoms with Crippen molar-refractivity contribution in [3.05, 3.63) is 0 Å². The Kier molecular flexibility index (Phi) is 4.88. The van der Waals surface area contributed by atoms with Gasteiger partial charge >= 0.3 is 12.0 Å². The van der Waals surface area contributed by atoms with E-state index in [1.807, 2.05) is 25.7 Å². The van der Waals surface area contributed by atoms with E-state index >= 15 is 0 Å². The number of carboxylic acid groups (broad SMARTS) is 1. The molecule has 1 aliphatic heterocycles. The zero-order valence-corrected chi connectivity index (χ0v) is 11.5. The molecule has 7 nitrogen and oxygen atoms in total. The Morgan fingerprint density at radius 2 is 1.84 bits per heavy atom. The minimum Gasteiger partial charge on any atom is -0.481 e. The molecule has 1 aliphatic rings. The summed E-state index contributed by atoms with van der Waals surface area (Å²) in [5.74, 6) is -1.09. The Bertz CT molecular complexity index is 370. The number of rotatable bonds is 4. The molecule has 108 valence electrons. The predicted octanol–water partition coefficient (Wildman–Crippen LogP) is 0.0172. The number of amides is 3. The average Bonchev–Trinajstić information content (AvgIpc) is 2.09. The van der Waals surface area contributed by atoms with Gasteiger partial charge in [0.05, 0.1) is 13.0 Å². The number of nitrogens with one attached hydrogen (secondary N) is 2. The second-order valence-corrected chi connectivity index (χ2v) is 5.91. The van der Waals surface area contributed by atoms with Crippen LogP contribution in [0.1, 0.15) is 27.2 Å². The van der Waals surface area contributed by atoms with E-state index in [1.54, 1.807) is 0 Å². The van der Waals surface area contributed by atoms with Gasteiger partial charge in [0.1, 0.15) is 0 Å². The number of hydrogen-bond donors (Lipinski definition) is 3. The molecule has 0 unspecified atom stereocenters. The molecule has 7 heteroatoms. The lowest BCUT2D eigenvalue weighted by Crippen LogP contribution is -2.54. The maximum Gasteiger partial charge on any atom is 0.321 e. The summed E-state index contributed by atoms with van der Waals surface area (Å²) in [6.07, 6.45) is 0.128. The molecule has 0 spiro atoms. The molecule has 0 atom stereocenters. The first kappa shape index (κ1) is 15.4. The normalized spacial score (nSPS) is 16.6. The lowest BCUT2D eigenvalue weighted by molar-refractivity contribution is -0.139. The first-order valence-electron chi connectivity index (χ1n) is 6.22. The number of imide groups is 1. The largest absolute Gasteiger partial charge is 0.481 e. The summed E-state index contributed by atoms with van der Waals surface area (Å²) in [6, 6.07) is -0.514. The molecule has 0 aliphatic carbocycles. The van der Waals surface area contributed by atoms with E-state index in [2.05, 4.69) is 10.6 Å². The summed E-state index contributed by atoms with van der Waals surface area (Å²) < 4.78 is 0. The van der Waals surface area contributed by atoms with Crippen molar-refractivity contribution < 1.29 is 19.5 Å². The van der Waals surface area contributed by atoms with Crippen molar-refractivity contribution in [3.63, 3.8) is 0 Å². The molecule has 1 fully saturated rings. The molecular formula is C12H21N3O4. The molecule has 3 amide bonds. The molecular weight excluding hydrogens is 250 g/mol. The van der Waals surface area contributed by atoms with Gasteiger partial charge in [-0.3, -0.25) is 19.8 Å². The standard InChI is InChI=1S/C12H21N3O4/c1-12(2,3)14-11(19)13-9(16)7-15-5-8(6-15)4-10(17)18/h8H,4-7H2,1-3H3,(H,17,18)(H2,13,14,16,19). The van der Waals surface area contributed by atoms with Gasteiger partial charge in [0.25, 0.3) is 0 Å². The van der Waals surface area contributed by atoms with E-state index in [4.69, 9.17) is 5.11 Å². The maximum atomic E-state index is 11.5. The van der Waals surface area contributed by atoms with Gasteiger partial charge in [0, 0.05) is 18.6 Å². The van der Waals surface area contributed by atoms with E-state index in [0.29, 0.717) is 13.1 Å². The SMILES string of the molecule is CC(C)(C)NC(=O)NC(=O)CN1CC(CC(=O)O)C1. The summed E-state index contributed by atoms with van der Waals surface area (Å²) in [4.78, 5) is 35.2. The Morgan fingerprint density at radius 3 is 2.32 bits per heavy atom. The maximum absolute atomic E-state index is 11.5. The number of nitrogens with zero attached hydrogens (tertiary/aromatic N) is 1. The van der Waals surface area contributed by atoms with Crippen molar-refractivity contribution in [1.29, 1.82) is 0 Å².